The number of hydrogen-bond acceptors (Lipinski definition) is 0. The highest BCUT2D eigenvalue weighted by Crippen LogP contribution is 2.20. The molecule has 16 heavy (non-hydrogen) atoms. The first-order valence-electron chi connectivity index (χ1n) is 6.34. The van der Waals surface area contributed by atoms with E-state index in [1.54, 1.807) is 0 Å². The van der Waals surface area contributed by atoms with Crippen molar-refractivity contribution in [2.75, 3.05) is 0 Å². The van der Waals surface area contributed by atoms with Crippen molar-refractivity contribution in [2.45, 2.75) is 53.4 Å². The summed E-state index contributed by atoms with van der Waals surface area (Å²) < 4.78 is 0. The molecule has 0 heteroatoms. The second-order valence-electron chi connectivity index (χ2n) is 4.71. The van der Waals surface area contributed by atoms with E-state index < -0.39 is 0 Å². The Morgan fingerprint density at radius 1 is 1.06 bits per heavy atom. The zero-order chi connectivity index (χ0) is 12.1. The Morgan fingerprint density at radius 3 is 2.19 bits per heavy atom. The van der Waals surface area contributed by atoms with Crippen LogP contribution in [0.4, 0.5) is 0 Å². The number of hydrogen-bond donors (Lipinski definition) is 0. The summed E-state index contributed by atoms with van der Waals surface area (Å²) >= 11 is 0. The molecule has 0 atom stereocenters. The SMILES string of the molecule is C=C(C)CCc1cc(C)c(CC)cc1CC. The van der Waals surface area contributed by atoms with E-state index in [0.29, 0.717) is 0 Å². The molecule has 0 aromatic heterocycles. The molecule has 0 aliphatic heterocycles. The van der Waals surface area contributed by atoms with Crippen molar-refractivity contribution in [1.29, 1.82) is 0 Å². The predicted octanol–water partition coefficient (Wildman–Crippen LogP) is 4.63. The van der Waals surface area contributed by atoms with Crippen LogP contribution < -0.4 is 0 Å². The van der Waals surface area contributed by atoms with Gasteiger partial charge in [-0.2, -0.15) is 0 Å². The first kappa shape index (κ1) is 13.0. The Balaban J connectivity index is 2.98. The Morgan fingerprint density at radius 2 is 1.69 bits per heavy atom. The zero-order valence-electron chi connectivity index (χ0n) is 11.2. The molecule has 0 aliphatic carbocycles. The quantitative estimate of drug-likeness (QED) is 0.630. The first-order valence-corrected chi connectivity index (χ1v) is 6.34. The van der Waals surface area contributed by atoms with Crippen LogP contribution >= 0.6 is 0 Å². The molecule has 0 heterocycles. The minimum atomic E-state index is 1.11. The Kier molecular flexibility index (Phi) is 4.79. The summed E-state index contributed by atoms with van der Waals surface area (Å²) in [5.74, 6) is 0. The van der Waals surface area contributed by atoms with Crippen LogP contribution in [0.2, 0.25) is 0 Å². The monoisotopic (exact) mass is 216 g/mol. The third kappa shape index (κ3) is 3.23. The fraction of sp³-hybridized carbons (Fsp3) is 0.500. The lowest BCUT2D eigenvalue weighted by Crippen LogP contribution is -1.98. The van der Waals surface area contributed by atoms with Gasteiger partial charge in [0.2, 0.25) is 0 Å². The van der Waals surface area contributed by atoms with Gasteiger partial charge in [0.1, 0.15) is 0 Å². The molecule has 0 nitrogen and oxygen atoms in total. The van der Waals surface area contributed by atoms with Crippen LogP contribution in [-0.4, -0.2) is 0 Å². The van der Waals surface area contributed by atoms with Gasteiger partial charge in [0.05, 0.1) is 0 Å². The van der Waals surface area contributed by atoms with E-state index in [-0.39, 0.29) is 0 Å². The summed E-state index contributed by atoms with van der Waals surface area (Å²) in [6, 6.07) is 4.77. The fourth-order valence-electron chi connectivity index (χ4n) is 2.15. The van der Waals surface area contributed by atoms with Crippen molar-refractivity contribution in [3.8, 4) is 0 Å². The van der Waals surface area contributed by atoms with Crippen LogP contribution in [-0.2, 0) is 19.3 Å². The Hall–Kier alpha value is -1.04. The standard InChI is InChI=1S/C16H24/c1-6-14-11-15(7-2)16(10-13(14)5)9-8-12(3)4/h10-11H,3,6-9H2,1-2,4-5H3. The molecule has 0 radical (unpaired) electrons. The normalized spacial score (nSPS) is 10.5. The molecule has 0 unspecified atom stereocenters. The maximum Gasteiger partial charge on any atom is -0.0239 e. The Labute approximate surface area is 100 Å². The van der Waals surface area contributed by atoms with Crippen molar-refractivity contribution in [1.82, 2.24) is 0 Å². The molecule has 0 bridgehead atoms. The minimum absolute atomic E-state index is 1.11. The van der Waals surface area contributed by atoms with E-state index in [9.17, 15) is 0 Å². The number of rotatable bonds is 5. The van der Waals surface area contributed by atoms with Gasteiger partial charge >= 0.3 is 0 Å². The molecule has 1 rings (SSSR count). The van der Waals surface area contributed by atoms with Crippen LogP contribution in [0.5, 0.6) is 0 Å². The van der Waals surface area contributed by atoms with E-state index in [4.69, 9.17) is 0 Å². The molecule has 0 aliphatic rings. The van der Waals surface area contributed by atoms with Crippen LogP contribution in [0.1, 0.15) is 49.4 Å². The molecule has 88 valence electrons. The van der Waals surface area contributed by atoms with Crippen molar-refractivity contribution in [2.24, 2.45) is 0 Å². The van der Waals surface area contributed by atoms with Gasteiger partial charge in [-0.15, -0.1) is 6.58 Å². The second-order valence-corrected chi connectivity index (χ2v) is 4.71. The smallest absolute Gasteiger partial charge is 0.0239 e. The summed E-state index contributed by atoms with van der Waals surface area (Å²) in [4.78, 5) is 0. The van der Waals surface area contributed by atoms with Gasteiger partial charge in [0.15, 0.2) is 0 Å². The largest absolute Gasteiger partial charge is 0.100 e. The predicted molar refractivity (Wildman–Crippen MR) is 73.1 cm³/mol. The molecule has 0 spiro atoms. The molecule has 0 fully saturated rings. The topological polar surface area (TPSA) is 0 Å². The molecule has 1 aromatic carbocycles. The highest BCUT2D eigenvalue weighted by atomic mass is 14.1. The van der Waals surface area contributed by atoms with Crippen LogP contribution in [0, 0.1) is 6.92 Å². The fourth-order valence-corrected chi connectivity index (χ4v) is 2.15. The van der Waals surface area contributed by atoms with Crippen molar-refractivity contribution in [3.05, 3.63) is 46.5 Å². The van der Waals surface area contributed by atoms with Gasteiger partial charge in [-0.05, 0) is 61.8 Å². The van der Waals surface area contributed by atoms with Crippen LogP contribution in [0.15, 0.2) is 24.3 Å². The molecule has 1 aromatic rings. The van der Waals surface area contributed by atoms with Gasteiger partial charge in [-0.25, -0.2) is 0 Å². The third-order valence-electron chi connectivity index (χ3n) is 3.24. The highest BCUT2D eigenvalue weighted by Gasteiger charge is 2.05. The molecule has 0 saturated carbocycles. The average molecular weight is 216 g/mol. The summed E-state index contributed by atoms with van der Waals surface area (Å²) in [7, 11) is 0. The van der Waals surface area contributed by atoms with E-state index in [2.05, 4.69) is 46.4 Å². The summed E-state index contributed by atoms with van der Waals surface area (Å²) in [5, 5.41) is 0. The molecule has 0 N–H and O–H groups in total. The first-order chi connectivity index (χ1) is 7.58. The summed E-state index contributed by atoms with van der Waals surface area (Å²) in [6.07, 6.45) is 4.53. The van der Waals surface area contributed by atoms with Gasteiger partial charge in [-0.1, -0.05) is 31.6 Å². The van der Waals surface area contributed by atoms with Crippen molar-refractivity contribution < 1.29 is 0 Å². The average Bonchev–Trinajstić information content (AvgIpc) is 2.26. The van der Waals surface area contributed by atoms with E-state index in [1.165, 1.54) is 27.8 Å². The summed E-state index contributed by atoms with van der Waals surface area (Å²) in [6.45, 7) is 12.8. The van der Waals surface area contributed by atoms with E-state index in [1.807, 2.05) is 0 Å². The van der Waals surface area contributed by atoms with Gasteiger partial charge in [0, 0.05) is 0 Å². The van der Waals surface area contributed by atoms with E-state index in [0.717, 1.165) is 25.7 Å². The summed E-state index contributed by atoms with van der Waals surface area (Å²) in [5.41, 5.74) is 7.25. The van der Waals surface area contributed by atoms with Crippen molar-refractivity contribution in [3.63, 3.8) is 0 Å². The van der Waals surface area contributed by atoms with Crippen LogP contribution in [0.25, 0.3) is 0 Å². The second kappa shape index (κ2) is 5.89. The lowest BCUT2D eigenvalue weighted by molar-refractivity contribution is 0.911. The lowest BCUT2D eigenvalue weighted by atomic mass is 9.93. The maximum atomic E-state index is 3.98. The number of aryl methyl sites for hydroxylation is 4. The number of benzene rings is 1. The third-order valence-corrected chi connectivity index (χ3v) is 3.24. The highest BCUT2D eigenvalue weighted by molar-refractivity contribution is 5.38. The molecule has 0 amide bonds. The molecular weight excluding hydrogens is 192 g/mol. The van der Waals surface area contributed by atoms with Crippen molar-refractivity contribution >= 4 is 0 Å². The number of allylic oxidation sites excluding steroid dienone is 1. The lowest BCUT2D eigenvalue weighted by Gasteiger charge is -2.13. The van der Waals surface area contributed by atoms with Gasteiger partial charge in [-0.3, -0.25) is 0 Å². The van der Waals surface area contributed by atoms with E-state index >= 15 is 0 Å². The minimum Gasteiger partial charge on any atom is -0.100 e. The molecular formula is C16H24. The molecule has 0 saturated heterocycles. The van der Waals surface area contributed by atoms with Crippen LogP contribution in [0.3, 0.4) is 0 Å². The Bertz CT molecular complexity index is 372. The van der Waals surface area contributed by atoms with Gasteiger partial charge in [0.25, 0.3) is 0 Å². The maximum absolute atomic E-state index is 3.98. The van der Waals surface area contributed by atoms with Gasteiger partial charge < -0.3 is 0 Å². The zero-order valence-corrected chi connectivity index (χ0v) is 11.2.